The first kappa shape index (κ1) is 16.8. The molecule has 1 aromatic rings. The van der Waals surface area contributed by atoms with Crippen LogP contribution < -0.4 is 0 Å². The lowest BCUT2D eigenvalue weighted by Gasteiger charge is -2.35. The van der Waals surface area contributed by atoms with Gasteiger partial charge in [-0.15, -0.1) is 0 Å². The van der Waals surface area contributed by atoms with Crippen LogP contribution in [-0.2, 0) is 16.0 Å². The number of hydrogen-bond donors (Lipinski definition) is 0. The van der Waals surface area contributed by atoms with E-state index in [-0.39, 0.29) is 35.8 Å². The van der Waals surface area contributed by atoms with E-state index in [1.54, 1.807) is 4.90 Å². The van der Waals surface area contributed by atoms with Crippen LogP contribution in [0.25, 0.3) is 0 Å². The molecule has 2 rings (SSSR count). The highest BCUT2D eigenvalue weighted by molar-refractivity contribution is 5.80. The highest BCUT2D eigenvalue weighted by Crippen LogP contribution is 2.25. The monoisotopic (exact) mass is 323 g/mol. The van der Waals surface area contributed by atoms with Crippen LogP contribution >= 0.6 is 0 Å². The van der Waals surface area contributed by atoms with Crippen molar-refractivity contribution in [2.45, 2.75) is 32.5 Å². The average molecular weight is 323 g/mol. The third-order valence-electron chi connectivity index (χ3n) is 3.59. The maximum absolute atomic E-state index is 12.4. The van der Waals surface area contributed by atoms with Crippen molar-refractivity contribution >= 4 is 17.3 Å². The van der Waals surface area contributed by atoms with Crippen LogP contribution in [0.2, 0.25) is 0 Å². The standard InChI is InChI=1S/C14H17N3O6/c1-9-7-15(8-10(2)23-9)14(18)5-11-3-4-12(16(19)20)6-13(11)17(21)22/h3-4,6,9-10H,5,7-8H2,1-2H3. The molecule has 23 heavy (non-hydrogen) atoms. The number of ether oxygens (including phenoxy) is 1. The van der Waals surface area contributed by atoms with E-state index in [2.05, 4.69) is 0 Å². The fourth-order valence-corrected chi connectivity index (χ4v) is 2.64. The Labute approximate surface area is 132 Å². The van der Waals surface area contributed by atoms with E-state index in [1.165, 1.54) is 12.1 Å². The lowest BCUT2D eigenvalue weighted by Crippen LogP contribution is -2.48. The molecule has 1 heterocycles. The number of carbonyl (C=O) groups excluding carboxylic acids is 1. The maximum atomic E-state index is 12.4. The molecule has 9 nitrogen and oxygen atoms in total. The van der Waals surface area contributed by atoms with Gasteiger partial charge in [0.05, 0.1) is 34.5 Å². The minimum atomic E-state index is -0.708. The molecule has 0 aliphatic carbocycles. The Morgan fingerprint density at radius 2 is 1.83 bits per heavy atom. The van der Waals surface area contributed by atoms with Crippen LogP contribution in [0.5, 0.6) is 0 Å². The number of rotatable bonds is 4. The highest BCUT2D eigenvalue weighted by atomic mass is 16.6. The van der Waals surface area contributed by atoms with E-state index < -0.39 is 15.5 Å². The number of hydrogen-bond acceptors (Lipinski definition) is 6. The Morgan fingerprint density at radius 3 is 2.35 bits per heavy atom. The van der Waals surface area contributed by atoms with E-state index in [1.807, 2.05) is 13.8 Å². The first-order valence-corrected chi connectivity index (χ1v) is 7.13. The third kappa shape index (κ3) is 4.01. The van der Waals surface area contributed by atoms with E-state index >= 15 is 0 Å². The van der Waals surface area contributed by atoms with Gasteiger partial charge in [-0.1, -0.05) is 0 Å². The molecule has 124 valence electrons. The lowest BCUT2D eigenvalue weighted by atomic mass is 10.1. The molecule has 1 saturated heterocycles. The minimum absolute atomic E-state index is 0.102. The Morgan fingerprint density at radius 1 is 1.22 bits per heavy atom. The second kappa shape index (κ2) is 6.69. The molecule has 0 saturated carbocycles. The van der Waals surface area contributed by atoms with Gasteiger partial charge in [0, 0.05) is 24.7 Å². The summed E-state index contributed by atoms with van der Waals surface area (Å²) in [6.45, 7) is 4.54. The Balaban J connectivity index is 2.20. The SMILES string of the molecule is CC1CN(C(=O)Cc2ccc([N+](=O)[O-])cc2[N+](=O)[O-])CC(C)O1. The van der Waals surface area contributed by atoms with Crippen LogP contribution in [0.1, 0.15) is 19.4 Å². The molecule has 0 N–H and O–H groups in total. The molecular weight excluding hydrogens is 306 g/mol. The normalized spacial score (nSPS) is 21.0. The zero-order chi connectivity index (χ0) is 17.1. The molecule has 1 aliphatic rings. The van der Waals surface area contributed by atoms with Crippen LogP contribution in [0.15, 0.2) is 18.2 Å². The van der Waals surface area contributed by atoms with Crippen molar-refractivity contribution in [3.05, 3.63) is 44.0 Å². The van der Waals surface area contributed by atoms with Crippen molar-refractivity contribution in [3.8, 4) is 0 Å². The number of morpholine rings is 1. The Bertz CT molecular complexity index is 637. The summed E-state index contributed by atoms with van der Waals surface area (Å²) in [4.78, 5) is 34.4. The topological polar surface area (TPSA) is 116 Å². The second-order valence-corrected chi connectivity index (χ2v) is 5.56. The fourth-order valence-electron chi connectivity index (χ4n) is 2.64. The summed E-state index contributed by atoms with van der Waals surface area (Å²) in [6, 6.07) is 3.31. The zero-order valence-corrected chi connectivity index (χ0v) is 12.8. The summed E-state index contributed by atoms with van der Waals surface area (Å²) in [7, 11) is 0. The number of non-ortho nitro benzene ring substituents is 1. The summed E-state index contributed by atoms with van der Waals surface area (Å²) >= 11 is 0. The van der Waals surface area contributed by atoms with E-state index in [0.29, 0.717) is 13.1 Å². The Kier molecular flexibility index (Phi) is 4.89. The number of nitro benzene ring substituents is 2. The van der Waals surface area contributed by atoms with E-state index in [9.17, 15) is 25.0 Å². The first-order chi connectivity index (χ1) is 10.8. The van der Waals surface area contributed by atoms with Crippen molar-refractivity contribution in [3.63, 3.8) is 0 Å². The molecule has 2 unspecified atom stereocenters. The third-order valence-corrected chi connectivity index (χ3v) is 3.59. The molecule has 9 heteroatoms. The molecule has 0 radical (unpaired) electrons. The first-order valence-electron chi connectivity index (χ1n) is 7.13. The molecule has 1 aromatic carbocycles. The van der Waals surface area contributed by atoms with Crippen molar-refractivity contribution < 1.29 is 19.4 Å². The second-order valence-electron chi connectivity index (χ2n) is 5.56. The zero-order valence-electron chi connectivity index (χ0n) is 12.8. The number of benzene rings is 1. The largest absolute Gasteiger partial charge is 0.372 e. The Hall–Kier alpha value is -2.55. The molecule has 0 bridgehead atoms. The quantitative estimate of drug-likeness (QED) is 0.615. The summed E-state index contributed by atoms with van der Waals surface area (Å²) in [5.74, 6) is -0.260. The molecule has 0 spiro atoms. The number of nitrogens with zero attached hydrogens (tertiary/aromatic N) is 3. The van der Waals surface area contributed by atoms with Crippen molar-refractivity contribution in [1.82, 2.24) is 4.90 Å². The van der Waals surface area contributed by atoms with Crippen LogP contribution in [0, 0.1) is 20.2 Å². The molecule has 1 aliphatic heterocycles. The van der Waals surface area contributed by atoms with Gasteiger partial charge in [-0.3, -0.25) is 25.0 Å². The molecule has 1 amide bonds. The maximum Gasteiger partial charge on any atom is 0.279 e. The van der Waals surface area contributed by atoms with Crippen molar-refractivity contribution in [1.29, 1.82) is 0 Å². The van der Waals surface area contributed by atoms with Crippen LogP contribution in [-0.4, -0.2) is 46.0 Å². The smallest absolute Gasteiger partial charge is 0.279 e. The van der Waals surface area contributed by atoms with Crippen LogP contribution in [0.3, 0.4) is 0 Å². The van der Waals surface area contributed by atoms with Gasteiger partial charge in [-0.2, -0.15) is 0 Å². The van der Waals surface area contributed by atoms with Gasteiger partial charge < -0.3 is 9.64 Å². The van der Waals surface area contributed by atoms with Gasteiger partial charge in [-0.25, -0.2) is 0 Å². The molecule has 1 fully saturated rings. The fraction of sp³-hybridized carbons (Fsp3) is 0.500. The summed E-state index contributed by atoms with van der Waals surface area (Å²) in [6.07, 6.45) is -0.377. The average Bonchev–Trinajstić information content (AvgIpc) is 2.46. The number of nitro groups is 2. The van der Waals surface area contributed by atoms with Gasteiger partial charge in [0.25, 0.3) is 11.4 Å². The van der Waals surface area contributed by atoms with Gasteiger partial charge in [-0.05, 0) is 19.9 Å². The molecule has 0 aromatic heterocycles. The number of amides is 1. The van der Waals surface area contributed by atoms with Gasteiger partial charge in [0.15, 0.2) is 0 Å². The summed E-state index contributed by atoms with van der Waals surface area (Å²) in [5, 5.41) is 21.8. The molecule has 2 atom stereocenters. The van der Waals surface area contributed by atoms with Gasteiger partial charge in [0.2, 0.25) is 5.91 Å². The summed E-state index contributed by atoms with van der Waals surface area (Å²) < 4.78 is 5.54. The van der Waals surface area contributed by atoms with Crippen molar-refractivity contribution in [2.75, 3.05) is 13.1 Å². The minimum Gasteiger partial charge on any atom is -0.372 e. The van der Waals surface area contributed by atoms with Crippen LogP contribution in [0.4, 0.5) is 11.4 Å². The molecular formula is C14H17N3O6. The highest BCUT2D eigenvalue weighted by Gasteiger charge is 2.28. The van der Waals surface area contributed by atoms with Crippen molar-refractivity contribution in [2.24, 2.45) is 0 Å². The van der Waals surface area contributed by atoms with Gasteiger partial charge in [0.1, 0.15) is 0 Å². The van der Waals surface area contributed by atoms with E-state index in [0.717, 1.165) is 6.07 Å². The van der Waals surface area contributed by atoms with Gasteiger partial charge >= 0.3 is 0 Å². The lowest BCUT2D eigenvalue weighted by molar-refractivity contribution is -0.394. The number of carbonyl (C=O) groups is 1. The predicted octanol–water partition coefficient (Wildman–Crippen LogP) is 1.68. The van der Waals surface area contributed by atoms with E-state index in [4.69, 9.17) is 4.74 Å². The predicted molar refractivity (Wildman–Crippen MR) is 80.0 cm³/mol. The summed E-state index contributed by atoms with van der Waals surface area (Å²) in [5.41, 5.74) is -0.624.